The van der Waals surface area contributed by atoms with Crippen molar-refractivity contribution in [2.24, 2.45) is 0 Å². The molecule has 0 atom stereocenters. The van der Waals surface area contributed by atoms with Gasteiger partial charge in [-0.2, -0.15) is 0 Å². The van der Waals surface area contributed by atoms with E-state index in [9.17, 15) is 9.59 Å². The molecule has 89 valence electrons. The van der Waals surface area contributed by atoms with Gasteiger partial charge in [0.25, 0.3) is 0 Å². The summed E-state index contributed by atoms with van der Waals surface area (Å²) in [4.78, 5) is 28.7. The van der Waals surface area contributed by atoms with E-state index in [-0.39, 0.29) is 35.3 Å². The number of hydrogen-bond acceptors (Lipinski definition) is 3. The fourth-order valence-corrected chi connectivity index (χ4v) is 3.05. The first-order valence-corrected chi connectivity index (χ1v) is 5.88. The van der Waals surface area contributed by atoms with Gasteiger partial charge in [-0.15, -0.1) is 11.3 Å². The van der Waals surface area contributed by atoms with Crippen molar-refractivity contribution in [2.75, 3.05) is 0 Å². The van der Waals surface area contributed by atoms with Gasteiger partial charge >= 0.3 is 0 Å². The Kier molecular flexibility index (Phi) is 4.02. The zero-order valence-electron chi connectivity index (χ0n) is 10.2. The van der Waals surface area contributed by atoms with Crippen molar-refractivity contribution in [1.29, 1.82) is 0 Å². The number of Topliss-reactive ketones (excluding diaryl/α,β-unsaturated/α-hetero) is 1. The molecule has 3 nitrogen and oxygen atoms in total. The smallest absolute Gasteiger partial charge is 0.201 e. The molecule has 1 N–H and O–H groups in total. The number of aryl methyl sites for hydroxylation is 3. The van der Waals surface area contributed by atoms with E-state index >= 15 is 0 Å². The van der Waals surface area contributed by atoms with Gasteiger partial charge in [-0.3, -0.25) is 9.59 Å². The van der Waals surface area contributed by atoms with Crippen molar-refractivity contribution in [1.82, 2.24) is 4.98 Å². The predicted octanol–water partition coefficient (Wildman–Crippen LogP) is 2.71. The molecule has 0 bridgehead atoms. The Labute approximate surface area is 115 Å². The van der Waals surface area contributed by atoms with Crippen molar-refractivity contribution in [3.05, 3.63) is 31.9 Å². The van der Waals surface area contributed by atoms with Crippen LogP contribution < -0.4 is 5.43 Å². The maximum Gasteiger partial charge on any atom is 0.201 e. The number of fused-ring (bicyclic) bond motifs is 1. The summed E-state index contributed by atoms with van der Waals surface area (Å²) in [5.74, 6) is -0.177. The number of H-pyrrole nitrogens is 1. The van der Waals surface area contributed by atoms with Crippen LogP contribution in [0, 0.1) is 20.8 Å². The van der Waals surface area contributed by atoms with E-state index in [4.69, 9.17) is 0 Å². The van der Waals surface area contributed by atoms with Crippen molar-refractivity contribution < 1.29 is 23.4 Å². The molecule has 0 aliphatic carbocycles. The zero-order valence-corrected chi connectivity index (χ0v) is 12.4. The zero-order chi connectivity index (χ0) is 12.0. The van der Waals surface area contributed by atoms with E-state index < -0.39 is 0 Å². The SMILES string of the molecule is CC(=O)c1c(C)[nH]c2sc(C)c(C)c2c1=O.[V]. The summed E-state index contributed by atoms with van der Waals surface area (Å²) in [6.07, 6.45) is 0. The second-order valence-corrected chi connectivity index (χ2v) is 5.22. The summed E-state index contributed by atoms with van der Waals surface area (Å²) in [6, 6.07) is 0. The predicted molar refractivity (Wildman–Crippen MR) is 66.7 cm³/mol. The van der Waals surface area contributed by atoms with Gasteiger partial charge in [-0.1, -0.05) is 0 Å². The third-order valence-electron chi connectivity index (χ3n) is 2.87. The van der Waals surface area contributed by atoms with Gasteiger partial charge in [-0.25, -0.2) is 0 Å². The van der Waals surface area contributed by atoms with Crippen molar-refractivity contribution in [3.8, 4) is 0 Å². The van der Waals surface area contributed by atoms with Gasteiger partial charge in [0.15, 0.2) is 5.78 Å². The molecule has 0 spiro atoms. The number of aromatic amines is 1. The molecule has 0 aliphatic rings. The fourth-order valence-electron chi connectivity index (χ4n) is 1.94. The van der Waals surface area contributed by atoms with E-state index in [1.54, 1.807) is 18.3 Å². The molecule has 0 fully saturated rings. The van der Waals surface area contributed by atoms with Crippen LogP contribution in [0.25, 0.3) is 10.2 Å². The third kappa shape index (κ3) is 2.13. The average molecular weight is 286 g/mol. The van der Waals surface area contributed by atoms with Crippen LogP contribution in [0.5, 0.6) is 0 Å². The van der Waals surface area contributed by atoms with Crippen LogP contribution >= 0.6 is 11.3 Å². The second kappa shape index (κ2) is 4.80. The Bertz CT molecular complexity index is 655. The molecular formula is C12H13NO2SV. The van der Waals surface area contributed by atoms with Crippen molar-refractivity contribution in [2.45, 2.75) is 27.7 Å². The molecule has 2 rings (SSSR count). The average Bonchev–Trinajstić information content (AvgIpc) is 2.41. The minimum atomic E-state index is -0.177. The van der Waals surface area contributed by atoms with Crippen molar-refractivity contribution >= 4 is 27.3 Å². The monoisotopic (exact) mass is 286 g/mol. The molecule has 0 aliphatic heterocycles. The summed E-state index contributed by atoms with van der Waals surface area (Å²) in [6.45, 7) is 7.10. The molecule has 0 aromatic carbocycles. The summed E-state index contributed by atoms with van der Waals surface area (Å²) < 4.78 is 0. The molecule has 0 saturated heterocycles. The van der Waals surface area contributed by atoms with E-state index in [2.05, 4.69) is 4.98 Å². The number of pyridine rings is 1. The number of ketones is 1. The molecular weight excluding hydrogens is 273 g/mol. The van der Waals surface area contributed by atoms with Crippen molar-refractivity contribution in [3.63, 3.8) is 0 Å². The summed E-state index contributed by atoms with van der Waals surface area (Å²) in [7, 11) is 0. The number of aromatic nitrogens is 1. The molecule has 0 amide bonds. The third-order valence-corrected chi connectivity index (χ3v) is 3.99. The van der Waals surface area contributed by atoms with Gasteiger partial charge in [0.2, 0.25) is 5.43 Å². The number of rotatable bonds is 1. The first kappa shape index (κ1) is 14.2. The van der Waals surface area contributed by atoms with Gasteiger partial charge in [0.05, 0.1) is 10.9 Å². The Morgan fingerprint density at radius 3 is 2.35 bits per heavy atom. The van der Waals surface area contributed by atoms with Crippen LogP contribution in [-0.2, 0) is 18.6 Å². The summed E-state index contributed by atoms with van der Waals surface area (Å²) in [5, 5.41) is 0.665. The number of thiophene rings is 1. The molecule has 2 aromatic heterocycles. The molecule has 5 heteroatoms. The molecule has 2 heterocycles. The molecule has 1 radical (unpaired) electrons. The largest absolute Gasteiger partial charge is 0.350 e. The molecule has 2 aromatic rings. The minimum absolute atomic E-state index is 0. The Morgan fingerprint density at radius 1 is 1.24 bits per heavy atom. The normalized spacial score (nSPS) is 10.4. The van der Waals surface area contributed by atoms with E-state index in [0.29, 0.717) is 11.1 Å². The summed E-state index contributed by atoms with van der Waals surface area (Å²) in [5.41, 5.74) is 1.78. The quantitative estimate of drug-likeness (QED) is 0.819. The Balaban J connectivity index is 0.00000144. The molecule has 0 unspecified atom stereocenters. The summed E-state index contributed by atoms with van der Waals surface area (Å²) >= 11 is 1.56. The van der Waals surface area contributed by atoms with Gasteiger partial charge in [0, 0.05) is 29.1 Å². The van der Waals surface area contributed by atoms with Gasteiger partial charge < -0.3 is 4.98 Å². The minimum Gasteiger partial charge on any atom is -0.350 e. The van der Waals surface area contributed by atoms with E-state index in [0.717, 1.165) is 15.3 Å². The standard InChI is InChI=1S/C12H13NO2S.V/c1-5-8(4)16-12-9(5)11(15)10(7(3)14)6(2)13-12;/h1-4H3,(H,13,15);. The van der Waals surface area contributed by atoms with Crippen LogP contribution in [-0.4, -0.2) is 10.8 Å². The molecule has 17 heavy (non-hydrogen) atoms. The maximum atomic E-state index is 12.2. The maximum absolute atomic E-state index is 12.2. The number of carbonyl (C=O) groups is 1. The van der Waals surface area contributed by atoms with Crippen LogP contribution in [0.1, 0.15) is 33.4 Å². The fraction of sp³-hybridized carbons (Fsp3) is 0.333. The Morgan fingerprint density at radius 2 is 1.82 bits per heavy atom. The van der Waals surface area contributed by atoms with Crippen LogP contribution in [0.2, 0.25) is 0 Å². The number of hydrogen-bond donors (Lipinski definition) is 1. The van der Waals surface area contributed by atoms with E-state index in [1.165, 1.54) is 6.92 Å². The van der Waals surface area contributed by atoms with Crippen LogP contribution in [0.4, 0.5) is 0 Å². The van der Waals surface area contributed by atoms with Crippen LogP contribution in [0.3, 0.4) is 0 Å². The number of nitrogens with one attached hydrogen (secondary N) is 1. The van der Waals surface area contributed by atoms with Crippen LogP contribution in [0.15, 0.2) is 4.79 Å². The topological polar surface area (TPSA) is 49.9 Å². The molecule has 0 saturated carbocycles. The van der Waals surface area contributed by atoms with Gasteiger partial charge in [-0.05, 0) is 33.3 Å². The first-order chi connectivity index (χ1) is 7.43. The first-order valence-electron chi connectivity index (χ1n) is 5.07. The van der Waals surface area contributed by atoms with Gasteiger partial charge in [0.1, 0.15) is 4.83 Å². The second-order valence-electron chi connectivity index (χ2n) is 4.00. The Hall–Kier alpha value is -0.836. The van der Waals surface area contributed by atoms with E-state index in [1.807, 2.05) is 13.8 Å². The number of carbonyl (C=O) groups excluding carboxylic acids is 1.